The highest BCUT2D eigenvalue weighted by atomic mass is 16.6. The predicted octanol–water partition coefficient (Wildman–Crippen LogP) is 2.82. The number of hydrogen-bond donors (Lipinski definition) is 2. The summed E-state index contributed by atoms with van der Waals surface area (Å²) in [4.78, 5) is 22.7. The van der Waals surface area contributed by atoms with Gasteiger partial charge in [0.15, 0.2) is 0 Å². The molecule has 2 aliphatic carbocycles. The summed E-state index contributed by atoms with van der Waals surface area (Å²) < 4.78 is 11.8. The van der Waals surface area contributed by atoms with Gasteiger partial charge < -0.3 is 19.7 Å². The first kappa shape index (κ1) is 18.1. The van der Waals surface area contributed by atoms with Gasteiger partial charge in [-0.2, -0.15) is 0 Å². The van der Waals surface area contributed by atoms with Gasteiger partial charge in [0.25, 0.3) is 0 Å². The molecule has 4 aliphatic rings. The first-order valence-corrected chi connectivity index (χ1v) is 10.3. The minimum atomic E-state index is -0.714. The normalized spacial score (nSPS) is 40.9. The third-order valence-corrected chi connectivity index (χ3v) is 7.28. The molecular weight excluding hydrogens is 360 g/mol. The monoisotopic (exact) mass is 386 g/mol. The lowest BCUT2D eigenvalue weighted by molar-refractivity contribution is -0.144. The van der Waals surface area contributed by atoms with Crippen LogP contribution < -0.4 is 0 Å². The molecule has 2 heterocycles. The summed E-state index contributed by atoms with van der Waals surface area (Å²) >= 11 is 0. The van der Waals surface area contributed by atoms with Gasteiger partial charge in [0.1, 0.15) is 0 Å². The minimum absolute atomic E-state index is 0.206. The Bertz CT molecular complexity index is 737. The molecule has 6 nitrogen and oxygen atoms in total. The maximum atomic E-state index is 11.3. The van der Waals surface area contributed by atoms with Crippen LogP contribution in [0.1, 0.15) is 49.7 Å². The van der Waals surface area contributed by atoms with E-state index in [4.69, 9.17) is 9.47 Å². The van der Waals surface area contributed by atoms with Crippen LogP contribution in [0.25, 0.3) is 0 Å². The van der Waals surface area contributed by atoms with Crippen molar-refractivity contribution in [1.82, 2.24) is 0 Å². The Morgan fingerprint density at radius 3 is 1.54 bits per heavy atom. The van der Waals surface area contributed by atoms with Crippen LogP contribution >= 0.6 is 0 Å². The minimum Gasteiger partial charge on any atom is -0.481 e. The standard InChI is InChI=1S/C22H26O6/c23-19(24)15-5-7-17-21(11-15,27-17)9-13-1-2-14(4-3-13)10-22-12-16(20(25)26)6-8-18(22)28-22/h1-4,15-18H,5-12H2,(H,23,24)(H,25,26). The van der Waals surface area contributed by atoms with Crippen LogP contribution in [0.4, 0.5) is 0 Å². The number of carboxylic acids is 2. The van der Waals surface area contributed by atoms with Gasteiger partial charge in [0.2, 0.25) is 0 Å². The van der Waals surface area contributed by atoms with E-state index in [9.17, 15) is 19.8 Å². The van der Waals surface area contributed by atoms with E-state index in [0.29, 0.717) is 25.7 Å². The van der Waals surface area contributed by atoms with E-state index in [1.54, 1.807) is 0 Å². The van der Waals surface area contributed by atoms with Gasteiger partial charge in [0, 0.05) is 12.8 Å². The first-order chi connectivity index (χ1) is 13.4. The molecule has 6 unspecified atom stereocenters. The highest BCUT2D eigenvalue weighted by molar-refractivity contribution is 5.71. The summed E-state index contributed by atoms with van der Waals surface area (Å²) in [6.07, 6.45) is 6.22. The van der Waals surface area contributed by atoms with Crippen LogP contribution in [0.3, 0.4) is 0 Å². The zero-order chi connectivity index (χ0) is 19.5. The van der Waals surface area contributed by atoms with Crippen LogP contribution in [0, 0.1) is 11.8 Å². The highest BCUT2D eigenvalue weighted by Gasteiger charge is 2.61. The SMILES string of the molecule is O=C(O)C1CCC2OC2(Cc2ccc(CC34CC(C(=O)O)CCC3O4)cc2)C1. The average Bonchev–Trinajstić information content (AvgIpc) is 3.55. The number of epoxide rings is 2. The number of rotatable bonds is 6. The Hall–Kier alpha value is -1.92. The fourth-order valence-corrected chi connectivity index (χ4v) is 5.59. The lowest BCUT2D eigenvalue weighted by Crippen LogP contribution is -2.32. The first-order valence-electron chi connectivity index (χ1n) is 10.3. The fourth-order valence-electron chi connectivity index (χ4n) is 5.59. The van der Waals surface area contributed by atoms with Crippen molar-refractivity contribution < 1.29 is 29.3 Å². The van der Waals surface area contributed by atoms with Gasteiger partial charge in [0.05, 0.1) is 35.2 Å². The molecule has 2 N–H and O–H groups in total. The Labute approximate surface area is 163 Å². The predicted molar refractivity (Wildman–Crippen MR) is 99.0 cm³/mol. The molecule has 28 heavy (non-hydrogen) atoms. The summed E-state index contributed by atoms with van der Waals surface area (Å²) in [5.41, 5.74) is 1.75. The van der Waals surface area contributed by atoms with Crippen LogP contribution in [0.15, 0.2) is 24.3 Å². The van der Waals surface area contributed by atoms with Crippen LogP contribution in [0.2, 0.25) is 0 Å². The number of aliphatic carboxylic acids is 2. The number of carboxylic acid groups (broad SMARTS) is 2. The quantitative estimate of drug-likeness (QED) is 0.730. The molecule has 1 aromatic rings. The van der Waals surface area contributed by atoms with Gasteiger partial charge >= 0.3 is 11.9 Å². The summed E-state index contributed by atoms with van der Waals surface area (Å²) in [5, 5.41) is 18.6. The van der Waals surface area contributed by atoms with Crippen molar-refractivity contribution in [3.05, 3.63) is 35.4 Å². The van der Waals surface area contributed by atoms with Crippen molar-refractivity contribution in [3.8, 4) is 0 Å². The van der Waals surface area contributed by atoms with Crippen LogP contribution in [-0.2, 0) is 31.9 Å². The number of benzene rings is 1. The van der Waals surface area contributed by atoms with Crippen LogP contribution in [-0.4, -0.2) is 45.6 Å². The van der Waals surface area contributed by atoms with E-state index < -0.39 is 11.9 Å². The maximum Gasteiger partial charge on any atom is 0.306 e. The number of ether oxygens (including phenoxy) is 2. The van der Waals surface area contributed by atoms with Crippen molar-refractivity contribution in [2.24, 2.45) is 11.8 Å². The van der Waals surface area contributed by atoms with E-state index in [-0.39, 0.29) is 35.2 Å². The third kappa shape index (κ3) is 3.12. The van der Waals surface area contributed by atoms with E-state index in [2.05, 4.69) is 24.3 Å². The van der Waals surface area contributed by atoms with Crippen molar-refractivity contribution in [3.63, 3.8) is 0 Å². The lowest BCUT2D eigenvalue weighted by atomic mass is 9.77. The summed E-state index contributed by atoms with van der Waals surface area (Å²) in [5.74, 6) is -2.02. The molecule has 0 aromatic heterocycles. The van der Waals surface area contributed by atoms with Gasteiger partial charge in [-0.1, -0.05) is 24.3 Å². The zero-order valence-electron chi connectivity index (χ0n) is 15.8. The van der Waals surface area contributed by atoms with E-state index in [1.165, 1.54) is 0 Å². The van der Waals surface area contributed by atoms with Crippen molar-refractivity contribution in [1.29, 1.82) is 0 Å². The second kappa shape index (κ2) is 6.29. The lowest BCUT2D eigenvalue weighted by Gasteiger charge is -2.24. The largest absolute Gasteiger partial charge is 0.481 e. The molecule has 2 saturated heterocycles. The Morgan fingerprint density at radius 2 is 1.18 bits per heavy atom. The molecule has 0 amide bonds. The molecule has 6 heteroatoms. The van der Waals surface area contributed by atoms with Crippen LogP contribution in [0.5, 0.6) is 0 Å². The van der Waals surface area contributed by atoms with Crippen molar-refractivity contribution in [2.45, 2.75) is 74.8 Å². The molecule has 0 bridgehead atoms. The average molecular weight is 386 g/mol. The van der Waals surface area contributed by atoms with Crippen molar-refractivity contribution in [2.75, 3.05) is 0 Å². The van der Waals surface area contributed by atoms with Gasteiger partial charge in [-0.3, -0.25) is 9.59 Å². The molecule has 6 atom stereocenters. The molecule has 2 aliphatic heterocycles. The molecule has 4 fully saturated rings. The second-order valence-corrected chi connectivity index (χ2v) is 9.15. The zero-order valence-corrected chi connectivity index (χ0v) is 15.8. The molecule has 150 valence electrons. The van der Waals surface area contributed by atoms with E-state index in [1.807, 2.05) is 0 Å². The van der Waals surface area contributed by atoms with E-state index in [0.717, 1.165) is 36.8 Å². The number of fused-ring (bicyclic) bond motifs is 2. The molecule has 2 saturated carbocycles. The third-order valence-electron chi connectivity index (χ3n) is 7.28. The number of carbonyl (C=O) groups is 2. The highest BCUT2D eigenvalue weighted by Crippen LogP contribution is 2.53. The summed E-state index contributed by atoms with van der Waals surface area (Å²) in [6, 6.07) is 8.38. The maximum absolute atomic E-state index is 11.3. The Morgan fingerprint density at radius 1 is 0.786 bits per heavy atom. The number of hydrogen-bond acceptors (Lipinski definition) is 4. The van der Waals surface area contributed by atoms with E-state index >= 15 is 0 Å². The van der Waals surface area contributed by atoms with Gasteiger partial charge in [-0.05, 0) is 49.7 Å². The molecule has 5 rings (SSSR count). The fraction of sp³-hybridized carbons (Fsp3) is 0.636. The Kier molecular flexibility index (Phi) is 4.07. The summed E-state index contributed by atoms with van der Waals surface area (Å²) in [6.45, 7) is 0. The molecule has 0 radical (unpaired) electrons. The van der Waals surface area contributed by atoms with Gasteiger partial charge in [-0.25, -0.2) is 0 Å². The molecule has 1 aromatic carbocycles. The molecule has 0 spiro atoms. The summed E-state index contributed by atoms with van der Waals surface area (Å²) in [7, 11) is 0. The smallest absolute Gasteiger partial charge is 0.306 e. The Balaban J connectivity index is 1.22. The molecular formula is C22H26O6. The second-order valence-electron chi connectivity index (χ2n) is 9.15. The van der Waals surface area contributed by atoms with Gasteiger partial charge in [-0.15, -0.1) is 0 Å². The van der Waals surface area contributed by atoms with Crippen molar-refractivity contribution >= 4 is 11.9 Å². The topological polar surface area (TPSA) is 99.7 Å².